The van der Waals surface area contributed by atoms with Crippen LogP contribution >= 0.6 is 0 Å². The number of piperidine rings is 1. The Bertz CT molecular complexity index is 1240. The van der Waals surface area contributed by atoms with E-state index in [1.165, 1.54) is 18.9 Å². The van der Waals surface area contributed by atoms with Gasteiger partial charge in [-0.05, 0) is 73.6 Å². The van der Waals surface area contributed by atoms with Crippen LogP contribution in [-0.4, -0.2) is 76.9 Å². The first-order valence-corrected chi connectivity index (χ1v) is 13.7. The van der Waals surface area contributed by atoms with Crippen LogP contribution in [0.25, 0.3) is 0 Å². The van der Waals surface area contributed by atoms with E-state index in [1.54, 1.807) is 12.4 Å². The average Bonchev–Trinajstić information content (AvgIpc) is 3.72. The Morgan fingerprint density at radius 1 is 0.974 bits per heavy atom. The van der Waals surface area contributed by atoms with Gasteiger partial charge in [-0.2, -0.15) is 4.98 Å². The first-order chi connectivity index (χ1) is 19.0. The van der Waals surface area contributed by atoms with Crippen molar-refractivity contribution >= 4 is 11.9 Å². The summed E-state index contributed by atoms with van der Waals surface area (Å²) < 4.78 is 39.4. The number of nitrogens with two attached hydrogens (primary N) is 1. The van der Waals surface area contributed by atoms with Gasteiger partial charge in [-0.15, -0.1) is 0 Å². The van der Waals surface area contributed by atoms with Gasteiger partial charge in [0.05, 0.1) is 25.5 Å². The molecule has 6 rings (SSSR count). The third kappa shape index (κ3) is 5.96. The second-order valence-corrected chi connectivity index (χ2v) is 10.8. The van der Waals surface area contributed by atoms with Crippen molar-refractivity contribution in [1.29, 1.82) is 0 Å². The van der Waals surface area contributed by atoms with Crippen molar-refractivity contribution in [2.45, 2.75) is 44.2 Å². The molecule has 2 atom stereocenters. The number of anilines is 2. The molecule has 0 radical (unpaired) electrons. The second kappa shape index (κ2) is 11.4. The summed E-state index contributed by atoms with van der Waals surface area (Å²) in [4.78, 5) is 19.9. The Balaban J connectivity index is 0.966. The molecule has 39 heavy (non-hydrogen) atoms. The van der Waals surface area contributed by atoms with Crippen molar-refractivity contribution in [3.8, 4) is 5.75 Å². The van der Waals surface area contributed by atoms with Gasteiger partial charge in [0.25, 0.3) is 5.95 Å². The summed E-state index contributed by atoms with van der Waals surface area (Å²) in [5.41, 5.74) is 6.56. The van der Waals surface area contributed by atoms with E-state index in [0.29, 0.717) is 49.2 Å². The van der Waals surface area contributed by atoms with Crippen molar-refractivity contribution in [2.75, 3.05) is 55.7 Å². The van der Waals surface area contributed by atoms with Gasteiger partial charge in [0.1, 0.15) is 11.6 Å². The third-order valence-corrected chi connectivity index (χ3v) is 8.02. The van der Waals surface area contributed by atoms with Crippen molar-refractivity contribution in [3.63, 3.8) is 0 Å². The molecule has 0 bridgehead atoms. The number of rotatable bonds is 8. The number of benzene rings is 1. The van der Waals surface area contributed by atoms with E-state index in [4.69, 9.17) is 15.0 Å². The molecule has 3 aliphatic rings. The molecule has 3 fully saturated rings. The molecule has 12 heteroatoms. The lowest BCUT2D eigenvalue weighted by Gasteiger charge is -2.30. The maximum atomic E-state index is 14.3. The Labute approximate surface area is 226 Å². The van der Waals surface area contributed by atoms with Crippen LogP contribution in [0.4, 0.5) is 20.7 Å². The molecule has 3 aliphatic heterocycles. The molecule has 0 aliphatic carbocycles. The van der Waals surface area contributed by atoms with E-state index in [2.05, 4.69) is 29.9 Å². The van der Waals surface area contributed by atoms with E-state index in [0.717, 1.165) is 57.7 Å². The van der Waals surface area contributed by atoms with E-state index < -0.39 is 11.6 Å². The lowest BCUT2D eigenvalue weighted by Crippen LogP contribution is -2.36. The molecule has 1 aromatic carbocycles. The summed E-state index contributed by atoms with van der Waals surface area (Å²) in [6.07, 6.45) is 7.72. The van der Waals surface area contributed by atoms with Gasteiger partial charge in [-0.1, -0.05) is 0 Å². The molecule has 3 saturated heterocycles. The predicted octanol–water partition coefficient (Wildman–Crippen LogP) is 2.96. The molecule has 208 valence electrons. The van der Waals surface area contributed by atoms with Crippen LogP contribution < -0.4 is 20.3 Å². The first kappa shape index (κ1) is 25.9. The van der Waals surface area contributed by atoms with E-state index >= 15 is 0 Å². The number of aromatic nitrogens is 4. The molecule has 5 heterocycles. The molecule has 2 N–H and O–H groups in total. The highest BCUT2D eigenvalue weighted by Gasteiger charge is 2.34. The highest BCUT2D eigenvalue weighted by atomic mass is 19.1. The van der Waals surface area contributed by atoms with Crippen LogP contribution in [0.2, 0.25) is 0 Å². The standard InChI is InChI=1S/C27H34F2N8O2/c28-19-3-4-23(29)21(11-19)22-14-37(15-24(22)30)26-31-12-20(13-32-26)38-17-18-5-9-36(10-6-18)27-33-25(39-34-27)16-35-7-1-2-8-35/h3-4,11-13,18,22,24H,1-2,5-10,14-17,30H2/t22-,24+/m1/s1. The van der Waals surface area contributed by atoms with Crippen LogP contribution in [-0.2, 0) is 6.54 Å². The molecular weight excluding hydrogens is 506 g/mol. The zero-order valence-electron chi connectivity index (χ0n) is 21.9. The van der Waals surface area contributed by atoms with Crippen LogP contribution in [0.15, 0.2) is 35.1 Å². The fraction of sp³-hybridized carbons (Fsp3) is 0.556. The first-order valence-electron chi connectivity index (χ1n) is 13.7. The smallest absolute Gasteiger partial charge is 0.266 e. The van der Waals surface area contributed by atoms with Gasteiger partial charge in [0.15, 0.2) is 5.75 Å². The lowest BCUT2D eigenvalue weighted by atomic mass is 9.94. The molecule has 0 spiro atoms. The number of likely N-dealkylation sites (tertiary alicyclic amines) is 1. The largest absolute Gasteiger partial charge is 0.490 e. The summed E-state index contributed by atoms with van der Waals surface area (Å²) in [5, 5.41) is 4.19. The maximum absolute atomic E-state index is 14.3. The highest BCUT2D eigenvalue weighted by molar-refractivity contribution is 5.39. The SMILES string of the molecule is N[C@H]1CN(c2ncc(OCC3CCN(c4noc(CN5CCCC5)n4)CC3)cn2)C[C@@H]1c1cc(F)ccc1F. The number of ether oxygens (including phenoxy) is 1. The second-order valence-electron chi connectivity index (χ2n) is 10.8. The monoisotopic (exact) mass is 540 g/mol. The fourth-order valence-corrected chi connectivity index (χ4v) is 5.75. The lowest BCUT2D eigenvalue weighted by molar-refractivity contribution is 0.221. The summed E-state index contributed by atoms with van der Waals surface area (Å²) >= 11 is 0. The van der Waals surface area contributed by atoms with Crippen molar-refractivity contribution in [1.82, 2.24) is 25.0 Å². The molecule has 0 unspecified atom stereocenters. The van der Waals surface area contributed by atoms with Gasteiger partial charge in [-0.25, -0.2) is 18.7 Å². The quantitative estimate of drug-likeness (QED) is 0.458. The summed E-state index contributed by atoms with van der Waals surface area (Å²) in [7, 11) is 0. The van der Waals surface area contributed by atoms with Gasteiger partial charge in [-0.3, -0.25) is 4.90 Å². The Morgan fingerprint density at radius 2 is 1.74 bits per heavy atom. The van der Waals surface area contributed by atoms with E-state index in [1.807, 2.05) is 4.90 Å². The van der Waals surface area contributed by atoms with Crippen molar-refractivity contribution < 1.29 is 18.0 Å². The third-order valence-electron chi connectivity index (χ3n) is 8.02. The van der Waals surface area contributed by atoms with Crippen LogP contribution in [0.5, 0.6) is 5.75 Å². The normalized spacial score (nSPS) is 22.6. The Morgan fingerprint density at radius 3 is 2.51 bits per heavy atom. The maximum Gasteiger partial charge on any atom is 0.266 e. The zero-order chi connectivity index (χ0) is 26.8. The van der Waals surface area contributed by atoms with Crippen molar-refractivity contribution in [2.24, 2.45) is 11.7 Å². The van der Waals surface area contributed by atoms with Gasteiger partial charge >= 0.3 is 0 Å². The highest BCUT2D eigenvalue weighted by Crippen LogP contribution is 2.31. The molecule has 3 aromatic rings. The van der Waals surface area contributed by atoms with Crippen LogP contribution in [0.1, 0.15) is 43.1 Å². The molecular formula is C27H34F2N8O2. The van der Waals surface area contributed by atoms with Crippen LogP contribution in [0, 0.1) is 17.6 Å². The minimum absolute atomic E-state index is 0.290. The minimum atomic E-state index is -0.475. The van der Waals surface area contributed by atoms with E-state index in [9.17, 15) is 8.78 Å². The average molecular weight is 541 g/mol. The number of hydrogen-bond acceptors (Lipinski definition) is 10. The Kier molecular flexibility index (Phi) is 7.55. The topological polar surface area (TPSA) is 110 Å². The van der Waals surface area contributed by atoms with Crippen LogP contribution in [0.3, 0.4) is 0 Å². The van der Waals surface area contributed by atoms with Gasteiger partial charge in [0, 0.05) is 38.1 Å². The molecule has 0 amide bonds. The molecule has 10 nitrogen and oxygen atoms in total. The number of nitrogens with zero attached hydrogens (tertiary/aromatic N) is 7. The molecule has 0 saturated carbocycles. The number of halogens is 2. The van der Waals surface area contributed by atoms with E-state index in [-0.39, 0.29) is 17.5 Å². The zero-order valence-corrected chi connectivity index (χ0v) is 21.9. The fourth-order valence-electron chi connectivity index (χ4n) is 5.75. The summed E-state index contributed by atoms with van der Waals surface area (Å²) in [6, 6.07) is 3.13. The Hall–Kier alpha value is -3.38. The minimum Gasteiger partial charge on any atom is -0.490 e. The van der Waals surface area contributed by atoms with Gasteiger partial charge < -0.3 is 24.8 Å². The summed E-state index contributed by atoms with van der Waals surface area (Å²) in [6.45, 7) is 6.10. The number of hydrogen-bond donors (Lipinski definition) is 1. The molecule has 2 aromatic heterocycles. The van der Waals surface area contributed by atoms with Gasteiger partial charge in [0.2, 0.25) is 11.8 Å². The predicted molar refractivity (Wildman–Crippen MR) is 141 cm³/mol. The summed E-state index contributed by atoms with van der Waals surface area (Å²) in [5.74, 6) is 1.61. The van der Waals surface area contributed by atoms with Crippen molar-refractivity contribution in [3.05, 3.63) is 53.7 Å².